The van der Waals surface area contributed by atoms with Gasteiger partial charge in [0.25, 0.3) is 5.91 Å². The highest BCUT2D eigenvalue weighted by molar-refractivity contribution is 6.04. The summed E-state index contributed by atoms with van der Waals surface area (Å²) in [5.74, 6) is 0.323. The Morgan fingerprint density at radius 2 is 1.93 bits per heavy atom. The average molecular weight is 360 g/mol. The first kappa shape index (κ1) is 16.8. The fourth-order valence-corrected chi connectivity index (χ4v) is 2.75. The van der Waals surface area contributed by atoms with Gasteiger partial charge in [-0.3, -0.25) is 9.78 Å². The van der Waals surface area contributed by atoms with Crippen LogP contribution in [0.25, 0.3) is 22.6 Å². The van der Waals surface area contributed by atoms with Gasteiger partial charge in [-0.2, -0.15) is 0 Å². The van der Waals surface area contributed by atoms with Crippen molar-refractivity contribution >= 4 is 28.4 Å². The molecule has 0 unspecified atom stereocenters. The number of benzene rings is 2. The molecule has 1 amide bonds. The highest BCUT2D eigenvalue weighted by atomic mass is 16.3. The van der Waals surface area contributed by atoms with Crippen molar-refractivity contribution in [2.24, 2.45) is 0 Å². The van der Waals surface area contributed by atoms with Gasteiger partial charge < -0.3 is 14.6 Å². The lowest BCUT2D eigenvalue weighted by Gasteiger charge is -2.12. The summed E-state index contributed by atoms with van der Waals surface area (Å²) in [7, 11) is 3.92. The van der Waals surface area contributed by atoms with Crippen molar-refractivity contribution < 1.29 is 10.6 Å². The van der Waals surface area contributed by atoms with Crippen molar-refractivity contribution in [3.05, 3.63) is 72.6 Å². The molecule has 0 spiro atoms. The fraction of sp³-hybridized carbons (Fsp3) is 0.0952. The number of carbonyl (C=O) groups excluding carboxylic acids is 1. The molecule has 27 heavy (non-hydrogen) atoms. The Morgan fingerprint density at radius 3 is 2.67 bits per heavy atom. The standard InChI is InChI=1S/C21H18N4O2.H2/c1-25(2)17-8-6-14(7-9-17)20(26)23-16-5-3-4-15(12-16)21-24-18-13-22-11-10-19(18)27-21;/h3-13H,1-2H3,(H,23,26);1H. The first-order valence-electron chi connectivity index (χ1n) is 8.50. The number of fused-ring (bicyclic) bond motifs is 1. The van der Waals surface area contributed by atoms with Crippen LogP contribution in [0.1, 0.15) is 11.8 Å². The van der Waals surface area contributed by atoms with Crippen molar-refractivity contribution in [2.45, 2.75) is 0 Å². The third kappa shape index (κ3) is 3.50. The zero-order valence-electron chi connectivity index (χ0n) is 15.0. The molecule has 4 rings (SSSR count). The molecule has 0 fully saturated rings. The minimum atomic E-state index is -0.167. The van der Waals surface area contributed by atoms with Gasteiger partial charge in [-0.1, -0.05) is 6.07 Å². The Hall–Kier alpha value is -3.67. The Balaban J connectivity index is 0.00000225. The van der Waals surface area contributed by atoms with Crippen LogP contribution in [-0.2, 0) is 0 Å². The lowest BCUT2D eigenvalue weighted by Crippen LogP contribution is -2.13. The SMILES string of the molecule is CN(C)c1ccc(C(=O)Nc2cccc(-c3nc4cnccc4o3)c2)cc1.[HH]. The van der Waals surface area contributed by atoms with Gasteiger partial charge in [0.2, 0.25) is 5.89 Å². The van der Waals surface area contributed by atoms with E-state index in [0.717, 1.165) is 11.3 Å². The van der Waals surface area contributed by atoms with E-state index in [-0.39, 0.29) is 7.33 Å². The van der Waals surface area contributed by atoms with Crippen molar-refractivity contribution in [1.29, 1.82) is 0 Å². The van der Waals surface area contributed by atoms with Gasteiger partial charge in [-0.05, 0) is 42.5 Å². The topological polar surface area (TPSA) is 71.3 Å². The van der Waals surface area contributed by atoms with Crippen molar-refractivity contribution in [2.75, 3.05) is 24.3 Å². The van der Waals surface area contributed by atoms with Gasteiger partial charge >= 0.3 is 0 Å². The summed E-state index contributed by atoms with van der Waals surface area (Å²) in [4.78, 5) is 23.0. The van der Waals surface area contributed by atoms with E-state index >= 15 is 0 Å². The number of rotatable bonds is 4. The lowest BCUT2D eigenvalue weighted by molar-refractivity contribution is 0.102. The molecule has 0 radical (unpaired) electrons. The molecule has 136 valence electrons. The minimum absolute atomic E-state index is 0. The number of oxazole rings is 1. The summed E-state index contributed by atoms with van der Waals surface area (Å²) in [5, 5.41) is 2.92. The van der Waals surface area contributed by atoms with E-state index in [9.17, 15) is 4.79 Å². The number of pyridine rings is 1. The monoisotopic (exact) mass is 360 g/mol. The molecular formula is C21H20N4O2. The fourth-order valence-electron chi connectivity index (χ4n) is 2.75. The predicted octanol–water partition coefficient (Wildman–Crippen LogP) is 4.45. The minimum Gasteiger partial charge on any atom is -0.436 e. The smallest absolute Gasteiger partial charge is 0.255 e. The molecule has 6 nitrogen and oxygen atoms in total. The molecule has 0 atom stereocenters. The summed E-state index contributed by atoms with van der Waals surface area (Å²) in [6, 6.07) is 16.6. The second-order valence-corrected chi connectivity index (χ2v) is 6.34. The molecule has 0 aliphatic carbocycles. The van der Waals surface area contributed by atoms with Crippen LogP contribution in [0.2, 0.25) is 0 Å². The molecule has 0 bridgehead atoms. The van der Waals surface area contributed by atoms with E-state index in [0.29, 0.717) is 28.2 Å². The number of hydrogen-bond acceptors (Lipinski definition) is 5. The molecule has 6 heteroatoms. The first-order chi connectivity index (χ1) is 13.1. The predicted molar refractivity (Wildman–Crippen MR) is 108 cm³/mol. The van der Waals surface area contributed by atoms with Crippen LogP contribution < -0.4 is 10.2 Å². The molecule has 0 saturated carbocycles. The molecule has 1 N–H and O–H groups in total. The maximum atomic E-state index is 12.5. The molecule has 2 heterocycles. The van der Waals surface area contributed by atoms with E-state index in [1.807, 2.05) is 67.5 Å². The zero-order chi connectivity index (χ0) is 18.8. The Kier molecular flexibility index (Phi) is 4.30. The zero-order valence-corrected chi connectivity index (χ0v) is 15.0. The van der Waals surface area contributed by atoms with Crippen LogP contribution in [0.4, 0.5) is 11.4 Å². The second-order valence-electron chi connectivity index (χ2n) is 6.34. The lowest BCUT2D eigenvalue weighted by atomic mass is 10.1. The molecule has 0 aliphatic heterocycles. The maximum absolute atomic E-state index is 12.5. The van der Waals surface area contributed by atoms with Gasteiger partial charge in [0.05, 0.1) is 6.20 Å². The summed E-state index contributed by atoms with van der Waals surface area (Å²) >= 11 is 0. The molecule has 0 aliphatic rings. The van der Waals surface area contributed by atoms with Crippen LogP contribution in [0, 0.1) is 0 Å². The number of nitrogens with one attached hydrogen (secondary N) is 1. The highest BCUT2D eigenvalue weighted by Crippen LogP contribution is 2.26. The number of nitrogens with zero attached hydrogens (tertiary/aromatic N) is 3. The molecule has 2 aromatic carbocycles. The third-order valence-electron chi connectivity index (χ3n) is 4.20. The summed E-state index contributed by atoms with van der Waals surface area (Å²) in [6.45, 7) is 0. The number of carbonyl (C=O) groups is 1. The molecular weight excluding hydrogens is 340 g/mol. The third-order valence-corrected chi connectivity index (χ3v) is 4.20. The summed E-state index contributed by atoms with van der Waals surface area (Å²) in [6.07, 6.45) is 3.32. The van der Waals surface area contributed by atoms with Crippen LogP contribution in [0.15, 0.2) is 71.4 Å². The molecule has 2 aromatic heterocycles. The van der Waals surface area contributed by atoms with E-state index in [2.05, 4.69) is 15.3 Å². The Morgan fingerprint density at radius 1 is 1.11 bits per heavy atom. The summed E-state index contributed by atoms with van der Waals surface area (Å²) < 4.78 is 5.77. The van der Waals surface area contributed by atoms with Gasteiger partial charge in [0, 0.05) is 50.3 Å². The van der Waals surface area contributed by atoms with E-state index < -0.39 is 0 Å². The number of amides is 1. The van der Waals surface area contributed by atoms with E-state index in [1.54, 1.807) is 18.5 Å². The van der Waals surface area contributed by atoms with E-state index in [4.69, 9.17) is 4.42 Å². The maximum Gasteiger partial charge on any atom is 0.255 e. The van der Waals surface area contributed by atoms with Crippen LogP contribution >= 0.6 is 0 Å². The van der Waals surface area contributed by atoms with Crippen molar-refractivity contribution in [3.8, 4) is 11.5 Å². The van der Waals surface area contributed by atoms with Gasteiger partial charge in [-0.25, -0.2) is 4.98 Å². The summed E-state index contributed by atoms with van der Waals surface area (Å²) in [5.41, 5.74) is 4.47. The first-order valence-corrected chi connectivity index (χ1v) is 8.50. The van der Waals surface area contributed by atoms with Gasteiger partial charge in [0.15, 0.2) is 5.58 Å². The second kappa shape index (κ2) is 6.92. The van der Waals surface area contributed by atoms with Gasteiger partial charge in [-0.15, -0.1) is 0 Å². The van der Waals surface area contributed by atoms with Crippen LogP contribution in [0.3, 0.4) is 0 Å². The van der Waals surface area contributed by atoms with Crippen LogP contribution in [0.5, 0.6) is 0 Å². The number of anilines is 2. The molecule has 0 saturated heterocycles. The normalized spacial score (nSPS) is 10.7. The van der Waals surface area contributed by atoms with E-state index in [1.165, 1.54) is 0 Å². The molecule has 4 aromatic rings. The highest BCUT2D eigenvalue weighted by Gasteiger charge is 2.11. The average Bonchev–Trinajstić information content (AvgIpc) is 3.12. The number of aromatic nitrogens is 2. The Labute approximate surface area is 158 Å². The largest absolute Gasteiger partial charge is 0.436 e. The Bertz CT molecular complexity index is 1070. The van der Waals surface area contributed by atoms with Crippen molar-refractivity contribution in [3.63, 3.8) is 0 Å². The number of hydrogen-bond donors (Lipinski definition) is 1. The van der Waals surface area contributed by atoms with Gasteiger partial charge in [0.1, 0.15) is 5.52 Å². The van der Waals surface area contributed by atoms with Crippen LogP contribution in [-0.4, -0.2) is 30.0 Å². The quantitative estimate of drug-likeness (QED) is 0.582. The van der Waals surface area contributed by atoms with Crippen molar-refractivity contribution in [1.82, 2.24) is 9.97 Å².